The molecule has 0 aromatic heterocycles. The van der Waals surface area contributed by atoms with Crippen LogP contribution >= 0.6 is 0 Å². The molecule has 0 saturated carbocycles. The predicted octanol–water partition coefficient (Wildman–Crippen LogP) is 2.35. The van der Waals surface area contributed by atoms with Crippen molar-refractivity contribution in [3.05, 3.63) is 0 Å². The first-order valence-electron chi connectivity index (χ1n) is 9.53. The molecule has 0 amide bonds. The molecular weight excluding hydrogens is 302 g/mol. The molecule has 0 fully saturated rings. The Hall–Kier alpha value is -0.780. The summed E-state index contributed by atoms with van der Waals surface area (Å²) in [5.41, 5.74) is 0. The predicted molar refractivity (Wildman–Crippen MR) is 102 cm³/mol. The van der Waals surface area contributed by atoms with Crippen LogP contribution in [-0.2, 0) is 9.59 Å². The zero-order chi connectivity index (χ0) is 18.4. The number of carbonyl (C=O) groups is 2. The van der Waals surface area contributed by atoms with Gasteiger partial charge in [-0.3, -0.25) is 14.5 Å². The fourth-order valence-electron chi connectivity index (χ4n) is 2.79. The number of likely N-dealkylation sites (N-methyl/N-ethyl adjacent to an activating group) is 2. The summed E-state index contributed by atoms with van der Waals surface area (Å²) in [6.45, 7) is 10.2. The molecule has 1 unspecified atom stereocenters. The second kappa shape index (κ2) is 14.6. The van der Waals surface area contributed by atoms with Crippen molar-refractivity contribution < 1.29 is 9.59 Å². The second-order valence-corrected chi connectivity index (χ2v) is 6.86. The van der Waals surface area contributed by atoms with Crippen LogP contribution in [0.15, 0.2) is 0 Å². The molecule has 0 spiro atoms. The zero-order valence-corrected chi connectivity index (χ0v) is 16.6. The van der Waals surface area contributed by atoms with E-state index in [-0.39, 0.29) is 11.8 Å². The van der Waals surface area contributed by atoms with E-state index in [1.807, 2.05) is 20.9 Å². The lowest BCUT2D eigenvalue weighted by atomic mass is 10.1. The summed E-state index contributed by atoms with van der Waals surface area (Å²) in [6, 6.07) is 0.0293. The Kier molecular flexibility index (Phi) is 14.1. The van der Waals surface area contributed by atoms with Crippen molar-refractivity contribution in [3.8, 4) is 0 Å². The van der Waals surface area contributed by atoms with E-state index in [1.165, 1.54) is 0 Å². The molecule has 24 heavy (non-hydrogen) atoms. The van der Waals surface area contributed by atoms with Crippen molar-refractivity contribution in [3.63, 3.8) is 0 Å². The molecule has 0 aromatic carbocycles. The third-order valence-corrected chi connectivity index (χ3v) is 4.39. The van der Waals surface area contributed by atoms with E-state index in [0.29, 0.717) is 18.7 Å². The fraction of sp³-hybridized carbons (Fsp3) is 0.895. The van der Waals surface area contributed by atoms with Crippen LogP contribution in [-0.4, -0.2) is 74.2 Å². The molecule has 5 nitrogen and oxygen atoms in total. The Morgan fingerprint density at radius 1 is 0.917 bits per heavy atom. The minimum absolute atomic E-state index is 0.0293. The second-order valence-electron chi connectivity index (χ2n) is 6.86. The molecule has 0 radical (unpaired) electrons. The smallest absolute Gasteiger partial charge is 0.146 e. The standard InChI is InChI=1S/C19H39N3O2/c1-6-18(24)16-22(5)15-11-10-14-21(4)13-9-8-12-19(17(3)23)20-7-2/h19-20H,6-16H2,1-5H3. The number of unbranched alkanes of at least 4 members (excludes halogenated alkanes) is 2. The Morgan fingerprint density at radius 3 is 1.96 bits per heavy atom. The molecule has 1 N–H and O–H groups in total. The van der Waals surface area contributed by atoms with Gasteiger partial charge in [0.1, 0.15) is 11.6 Å². The summed E-state index contributed by atoms with van der Waals surface area (Å²) < 4.78 is 0. The first-order chi connectivity index (χ1) is 11.4. The maximum atomic E-state index is 11.5. The molecule has 0 saturated heterocycles. The van der Waals surface area contributed by atoms with Gasteiger partial charge < -0.3 is 10.2 Å². The summed E-state index contributed by atoms with van der Waals surface area (Å²) in [6.07, 6.45) is 6.08. The summed E-state index contributed by atoms with van der Waals surface area (Å²) in [5.74, 6) is 0.562. The van der Waals surface area contributed by atoms with E-state index < -0.39 is 0 Å². The van der Waals surface area contributed by atoms with E-state index in [9.17, 15) is 9.59 Å². The summed E-state index contributed by atoms with van der Waals surface area (Å²) in [4.78, 5) is 27.3. The SMILES string of the molecule is CCNC(CCCCN(C)CCCCN(C)CC(=O)CC)C(C)=O. The van der Waals surface area contributed by atoms with E-state index in [1.54, 1.807) is 6.92 Å². The molecule has 0 bridgehead atoms. The number of nitrogens with zero attached hydrogens (tertiary/aromatic N) is 2. The topological polar surface area (TPSA) is 52.6 Å². The zero-order valence-electron chi connectivity index (χ0n) is 16.6. The van der Waals surface area contributed by atoms with Gasteiger partial charge in [0, 0.05) is 6.42 Å². The maximum Gasteiger partial charge on any atom is 0.146 e. The van der Waals surface area contributed by atoms with Gasteiger partial charge in [-0.2, -0.15) is 0 Å². The molecule has 1 atom stereocenters. The van der Waals surface area contributed by atoms with Gasteiger partial charge in [0.05, 0.1) is 12.6 Å². The molecule has 5 heteroatoms. The van der Waals surface area contributed by atoms with Crippen molar-refractivity contribution in [1.82, 2.24) is 15.1 Å². The number of ketones is 2. The van der Waals surface area contributed by atoms with Gasteiger partial charge in [-0.25, -0.2) is 0 Å². The van der Waals surface area contributed by atoms with Crippen molar-refractivity contribution in [2.24, 2.45) is 0 Å². The first kappa shape index (κ1) is 23.2. The van der Waals surface area contributed by atoms with Gasteiger partial charge in [-0.05, 0) is 72.9 Å². The first-order valence-corrected chi connectivity index (χ1v) is 9.53. The van der Waals surface area contributed by atoms with Crippen LogP contribution < -0.4 is 5.32 Å². The summed E-state index contributed by atoms with van der Waals surface area (Å²) in [7, 11) is 4.18. The van der Waals surface area contributed by atoms with Crippen LogP contribution in [0.2, 0.25) is 0 Å². The van der Waals surface area contributed by atoms with Gasteiger partial charge in [0.25, 0.3) is 0 Å². The van der Waals surface area contributed by atoms with Gasteiger partial charge in [-0.15, -0.1) is 0 Å². The van der Waals surface area contributed by atoms with Gasteiger partial charge >= 0.3 is 0 Å². The average molecular weight is 342 g/mol. The highest BCUT2D eigenvalue weighted by molar-refractivity contribution is 5.81. The Labute approximate surface area is 149 Å². The van der Waals surface area contributed by atoms with Gasteiger partial charge in [-0.1, -0.05) is 20.3 Å². The van der Waals surface area contributed by atoms with Gasteiger partial charge in [0.2, 0.25) is 0 Å². The monoisotopic (exact) mass is 341 g/mol. The quantitative estimate of drug-likeness (QED) is 0.437. The van der Waals surface area contributed by atoms with Crippen LogP contribution in [0, 0.1) is 0 Å². The summed E-state index contributed by atoms with van der Waals surface area (Å²) in [5, 5.41) is 3.25. The number of carbonyl (C=O) groups excluding carboxylic acids is 2. The molecule has 142 valence electrons. The normalized spacial score (nSPS) is 12.8. The van der Waals surface area contributed by atoms with Crippen LogP contribution in [0.4, 0.5) is 0 Å². The van der Waals surface area contributed by atoms with E-state index in [2.05, 4.69) is 22.2 Å². The Balaban J connectivity index is 3.64. The average Bonchev–Trinajstić information content (AvgIpc) is 2.54. The Bertz CT molecular complexity index is 348. The fourth-order valence-corrected chi connectivity index (χ4v) is 2.79. The minimum atomic E-state index is 0.0293. The largest absolute Gasteiger partial charge is 0.308 e. The number of hydrogen-bond donors (Lipinski definition) is 1. The van der Waals surface area contributed by atoms with E-state index >= 15 is 0 Å². The molecule has 0 aliphatic rings. The van der Waals surface area contributed by atoms with Crippen LogP contribution in [0.5, 0.6) is 0 Å². The lowest BCUT2D eigenvalue weighted by molar-refractivity contribution is -0.120. The third kappa shape index (κ3) is 12.6. The minimum Gasteiger partial charge on any atom is -0.308 e. The Morgan fingerprint density at radius 2 is 1.46 bits per heavy atom. The number of rotatable bonds is 16. The molecule has 0 aromatic rings. The molecule has 0 heterocycles. The van der Waals surface area contributed by atoms with Crippen molar-refractivity contribution in [2.75, 3.05) is 46.8 Å². The highest BCUT2D eigenvalue weighted by Gasteiger charge is 2.11. The molecule has 0 aliphatic carbocycles. The third-order valence-electron chi connectivity index (χ3n) is 4.39. The van der Waals surface area contributed by atoms with E-state index in [4.69, 9.17) is 0 Å². The molecule has 0 rings (SSSR count). The lowest BCUT2D eigenvalue weighted by Gasteiger charge is -2.19. The number of hydrogen-bond acceptors (Lipinski definition) is 5. The van der Waals surface area contributed by atoms with Gasteiger partial charge in [0.15, 0.2) is 0 Å². The van der Waals surface area contributed by atoms with E-state index in [0.717, 1.165) is 58.3 Å². The van der Waals surface area contributed by atoms with Crippen LogP contribution in [0.25, 0.3) is 0 Å². The number of nitrogens with one attached hydrogen (secondary N) is 1. The van der Waals surface area contributed by atoms with Crippen molar-refractivity contribution in [1.29, 1.82) is 0 Å². The van der Waals surface area contributed by atoms with Crippen LogP contribution in [0.1, 0.15) is 59.3 Å². The van der Waals surface area contributed by atoms with Crippen molar-refractivity contribution in [2.45, 2.75) is 65.3 Å². The van der Waals surface area contributed by atoms with Crippen molar-refractivity contribution >= 4 is 11.6 Å². The molecule has 0 aliphatic heterocycles. The number of Topliss-reactive ketones (excluding diaryl/α,β-unsaturated/α-hetero) is 2. The summed E-state index contributed by atoms with van der Waals surface area (Å²) >= 11 is 0. The van der Waals surface area contributed by atoms with Crippen LogP contribution in [0.3, 0.4) is 0 Å². The molecular formula is C19H39N3O2. The highest BCUT2D eigenvalue weighted by Crippen LogP contribution is 2.04. The lowest BCUT2D eigenvalue weighted by Crippen LogP contribution is -2.35. The maximum absolute atomic E-state index is 11.5. The highest BCUT2D eigenvalue weighted by atomic mass is 16.1.